The van der Waals surface area contributed by atoms with Crippen molar-refractivity contribution >= 4 is 10.0 Å². The third-order valence-corrected chi connectivity index (χ3v) is 5.95. The molecular formula is C16H17F2NO3S. The summed E-state index contributed by atoms with van der Waals surface area (Å²) >= 11 is 0. The van der Waals surface area contributed by atoms with Crippen LogP contribution < -0.4 is 0 Å². The SMILES string of the molecule is C[C@H]1C[C@@H]1c1ccc(CN(C)S(=O)(=O)c2ccc(F)cc2F)o1. The van der Waals surface area contributed by atoms with Crippen LogP contribution in [-0.2, 0) is 16.6 Å². The molecule has 3 rings (SSSR count). The maximum Gasteiger partial charge on any atom is 0.246 e. The van der Waals surface area contributed by atoms with Crippen molar-refractivity contribution in [1.82, 2.24) is 4.31 Å². The van der Waals surface area contributed by atoms with Crippen LogP contribution in [0.3, 0.4) is 0 Å². The second kappa shape index (κ2) is 5.72. The third-order valence-electron chi connectivity index (χ3n) is 4.12. The number of rotatable bonds is 5. The van der Waals surface area contributed by atoms with Crippen molar-refractivity contribution in [1.29, 1.82) is 0 Å². The quantitative estimate of drug-likeness (QED) is 0.836. The monoisotopic (exact) mass is 341 g/mol. The molecule has 2 atom stereocenters. The van der Waals surface area contributed by atoms with Gasteiger partial charge in [-0.3, -0.25) is 0 Å². The fourth-order valence-electron chi connectivity index (χ4n) is 2.55. The molecule has 0 saturated heterocycles. The predicted octanol–water partition coefficient (Wildman–Crippen LogP) is 3.50. The Kier molecular flexibility index (Phi) is 4.01. The van der Waals surface area contributed by atoms with Gasteiger partial charge in [0.1, 0.15) is 28.1 Å². The van der Waals surface area contributed by atoms with E-state index in [2.05, 4.69) is 6.92 Å². The second-order valence-corrected chi connectivity index (χ2v) is 7.97. The average molecular weight is 341 g/mol. The number of benzene rings is 1. The van der Waals surface area contributed by atoms with Gasteiger partial charge in [-0.2, -0.15) is 4.31 Å². The highest BCUT2D eigenvalue weighted by Gasteiger charge is 2.36. The maximum absolute atomic E-state index is 13.7. The molecule has 1 aliphatic rings. The van der Waals surface area contributed by atoms with Crippen molar-refractivity contribution in [3.05, 3.63) is 53.5 Å². The molecule has 23 heavy (non-hydrogen) atoms. The summed E-state index contributed by atoms with van der Waals surface area (Å²) in [4.78, 5) is -0.552. The minimum atomic E-state index is -4.06. The molecule has 1 aliphatic carbocycles. The molecule has 0 bridgehead atoms. The van der Waals surface area contributed by atoms with Gasteiger partial charge in [0.05, 0.1) is 6.54 Å². The lowest BCUT2D eigenvalue weighted by molar-refractivity contribution is 0.388. The highest BCUT2D eigenvalue weighted by molar-refractivity contribution is 7.89. The zero-order chi connectivity index (χ0) is 16.8. The molecule has 0 radical (unpaired) electrons. The Morgan fingerprint density at radius 1 is 1.26 bits per heavy atom. The molecule has 1 aromatic carbocycles. The van der Waals surface area contributed by atoms with E-state index in [1.165, 1.54) is 7.05 Å². The molecule has 4 nitrogen and oxygen atoms in total. The first-order chi connectivity index (χ1) is 10.8. The van der Waals surface area contributed by atoms with Gasteiger partial charge in [0, 0.05) is 19.0 Å². The summed E-state index contributed by atoms with van der Waals surface area (Å²) in [5, 5.41) is 0. The van der Waals surface area contributed by atoms with Crippen LogP contribution in [0.2, 0.25) is 0 Å². The molecule has 0 amide bonds. The number of sulfonamides is 1. The van der Waals surface area contributed by atoms with Crippen LogP contribution in [0, 0.1) is 17.6 Å². The van der Waals surface area contributed by atoms with E-state index in [9.17, 15) is 17.2 Å². The summed E-state index contributed by atoms with van der Waals surface area (Å²) in [6.07, 6.45) is 1.07. The minimum Gasteiger partial charge on any atom is -0.464 e. The van der Waals surface area contributed by atoms with E-state index >= 15 is 0 Å². The first-order valence-electron chi connectivity index (χ1n) is 7.29. The van der Waals surface area contributed by atoms with Crippen LogP contribution in [0.25, 0.3) is 0 Å². The first kappa shape index (κ1) is 16.1. The molecule has 2 aromatic rings. The van der Waals surface area contributed by atoms with Gasteiger partial charge in [0.25, 0.3) is 0 Å². The van der Waals surface area contributed by atoms with Crippen LogP contribution in [0.1, 0.15) is 30.8 Å². The largest absolute Gasteiger partial charge is 0.464 e. The van der Waals surface area contributed by atoms with Crippen LogP contribution in [-0.4, -0.2) is 19.8 Å². The lowest BCUT2D eigenvalue weighted by Crippen LogP contribution is -2.27. The molecular weight excluding hydrogens is 324 g/mol. The van der Waals surface area contributed by atoms with Gasteiger partial charge >= 0.3 is 0 Å². The Bertz CT molecular complexity index is 832. The molecule has 1 saturated carbocycles. The summed E-state index contributed by atoms with van der Waals surface area (Å²) in [6.45, 7) is 2.11. The van der Waals surface area contributed by atoms with E-state index in [-0.39, 0.29) is 6.54 Å². The summed E-state index contributed by atoms with van der Waals surface area (Å²) in [5.74, 6) is 0.407. The summed E-state index contributed by atoms with van der Waals surface area (Å²) in [7, 11) is -2.73. The molecule has 0 aliphatic heterocycles. The fourth-order valence-corrected chi connectivity index (χ4v) is 3.73. The van der Waals surface area contributed by atoms with Gasteiger partial charge in [-0.1, -0.05) is 6.92 Å². The van der Waals surface area contributed by atoms with Gasteiger partial charge in [-0.15, -0.1) is 0 Å². The Morgan fingerprint density at radius 3 is 2.57 bits per heavy atom. The van der Waals surface area contributed by atoms with Crippen molar-refractivity contribution in [2.45, 2.75) is 30.7 Å². The standard InChI is InChI=1S/C16H17F2NO3S/c1-10-7-13(10)15-5-4-12(22-15)9-19(2)23(20,21)16-6-3-11(17)8-14(16)18/h3-6,8,10,13H,7,9H2,1-2H3/t10-,13-/m0/s1. The van der Waals surface area contributed by atoms with Gasteiger partial charge in [-0.25, -0.2) is 17.2 Å². The van der Waals surface area contributed by atoms with Crippen LogP contribution in [0.15, 0.2) is 39.6 Å². The topological polar surface area (TPSA) is 50.5 Å². The second-order valence-electron chi connectivity index (χ2n) is 5.96. The Morgan fingerprint density at radius 2 is 1.96 bits per heavy atom. The van der Waals surface area contributed by atoms with Gasteiger partial charge in [0.2, 0.25) is 10.0 Å². The summed E-state index contributed by atoms with van der Waals surface area (Å²) in [5.41, 5.74) is 0. The van der Waals surface area contributed by atoms with Crippen LogP contribution >= 0.6 is 0 Å². The summed E-state index contributed by atoms with van der Waals surface area (Å²) < 4.78 is 58.1. The number of nitrogens with zero attached hydrogens (tertiary/aromatic N) is 1. The van der Waals surface area contributed by atoms with E-state index in [0.29, 0.717) is 23.7 Å². The molecule has 7 heteroatoms. The smallest absolute Gasteiger partial charge is 0.246 e. The number of hydrogen-bond acceptors (Lipinski definition) is 3. The maximum atomic E-state index is 13.7. The normalized spacial score (nSPS) is 20.9. The molecule has 124 valence electrons. The molecule has 0 unspecified atom stereocenters. The molecule has 1 fully saturated rings. The van der Waals surface area contributed by atoms with Crippen molar-refractivity contribution in [3.63, 3.8) is 0 Å². The average Bonchev–Trinajstić information content (AvgIpc) is 3.01. The molecule has 0 spiro atoms. The van der Waals surface area contributed by atoms with Gasteiger partial charge in [-0.05, 0) is 36.6 Å². The van der Waals surface area contributed by atoms with Crippen LogP contribution in [0.4, 0.5) is 8.78 Å². The van der Waals surface area contributed by atoms with Gasteiger partial charge < -0.3 is 4.42 Å². The van der Waals surface area contributed by atoms with Crippen molar-refractivity contribution in [2.75, 3.05) is 7.05 Å². The van der Waals surface area contributed by atoms with Crippen LogP contribution in [0.5, 0.6) is 0 Å². The number of furan rings is 1. The van der Waals surface area contributed by atoms with E-state index in [0.717, 1.165) is 28.6 Å². The minimum absolute atomic E-state index is 0.0136. The molecule has 1 aromatic heterocycles. The molecule has 1 heterocycles. The Labute approximate surface area is 133 Å². The zero-order valence-electron chi connectivity index (χ0n) is 12.8. The van der Waals surface area contributed by atoms with Crippen molar-refractivity contribution in [3.8, 4) is 0 Å². The van der Waals surface area contributed by atoms with E-state index in [1.54, 1.807) is 6.07 Å². The van der Waals surface area contributed by atoms with E-state index in [1.807, 2.05) is 6.07 Å². The van der Waals surface area contributed by atoms with Crippen molar-refractivity contribution < 1.29 is 21.6 Å². The summed E-state index contributed by atoms with van der Waals surface area (Å²) in [6, 6.07) is 5.98. The highest BCUT2D eigenvalue weighted by Crippen LogP contribution is 2.47. The predicted molar refractivity (Wildman–Crippen MR) is 80.2 cm³/mol. The first-order valence-corrected chi connectivity index (χ1v) is 8.73. The molecule has 0 N–H and O–H groups in total. The number of hydrogen-bond donors (Lipinski definition) is 0. The lowest BCUT2D eigenvalue weighted by Gasteiger charge is -2.16. The Balaban J connectivity index is 1.78. The van der Waals surface area contributed by atoms with Gasteiger partial charge in [0.15, 0.2) is 0 Å². The third kappa shape index (κ3) is 3.16. The van der Waals surface area contributed by atoms with Crippen molar-refractivity contribution in [2.24, 2.45) is 5.92 Å². The Hall–Kier alpha value is -1.73. The lowest BCUT2D eigenvalue weighted by atomic mass is 10.3. The fraction of sp³-hybridized carbons (Fsp3) is 0.375. The highest BCUT2D eigenvalue weighted by atomic mass is 32.2. The zero-order valence-corrected chi connectivity index (χ0v) is 13.6. The number of halogens is 2. The van der Waals surface area contributed by atoms with E-state index < -0.39 is 26.6 Å². The van der Waals surface area contributed by atoms with E-state index in [4.69, 9.17) is 4.42 Å².